The highest BCUT2D eigenvalue weighted by atomic mass is 127. The topological polar surface area (TPSA) is 75.1 Å². The molecule has 6 heteroatoms. The van der Waals surface area contributed by atoms with Crippen molar-refractivity contribution < 1.29 is 9.53 Å². The number of halogens is 1. The number of ether oxygens (including phenoxy) is 1. The second kappa shape index (κ2) is 5.37. The van der Waals surface area contributed by atoms with Crippen LogP contribution >= 0.6 is 22.6 Å². The van der Waals surface area contributed by atoms with Gasteiger partial charge in [0.2, 0.25) is 0 Å². The normalized spacial score (nSPS) is 10.6. The van der Waals surface area contributed by atoms with Gasteiger partial charge in [0.05, 0.1) is 5.56 Å². The highest BCUT2D eigenvalue weighted by Crippen LogP contribution is 2.21. The standard InChI is InChI=1S/C11H12IN3O2/c1-11(2,3)17-10(16)7-4-8(12)6-9(5-7)14-15-13/h4-6H,1-3H3. The predicted octanol–water partition coefficient (Wildman–Crippen LogP) is 4.19. The molecule has 0 heterocycles. The van der Waals surface area contributed by atoms with Crippen molar-refractivity contribution in [1.29, 1.82) is 0 Å². The molecule has 1 aromatic rings. The summed E-state index contributed by atoms with van der Waals surface area (Å²) >= 11 is 2.05. The van der Waals surface area contributed by atoms with E-state index in [1.54, 1.807) is 32.9 Å². The number of carbonyl (C=O) groups is 1. The van der Waals surface area contributed by atoms with E-state index in [0.29, 0.717) is 11.3 Å². The van der Waals surface area contributed by atoms with Crippen molar-refractivity contribution in [1.82, 2.24) is 0 Å². The third-order valence-corrected chi connectivity index (χ3v) is 2.30. The van der Waals surface area contributed by atoms with Crippen LogP contribution in [0.4, 0.5) is 5.69 Å². The molecule has 90 valence electrons. The van der Waals surface area contributed by atoms with Crippen molar-refractivity contribution in [2.24, 2.45) is 5.11 Å². The molecule has 0 saturated carbocycles. The summed E-state index contributed by atoms with van der Waals surface area (Å²) < 4.78 is 6.05. The maximum atomic E-state index is 11.8. The minimum absolute atomic E-state index is 0.384. The SMILES string of the molecule is CC(C)(C)OC(=O)c1cc(I)cc(N=[N+]=[N-])c1. The Balaban J connectivity index is 3.05. The van der Waals surface area contributed by atoms with Gasteiger partial charge in [-0.05, 0) is 67.1 Å². The van der Waals surface area contributed by atoms with Crippen LogP contribution in [0.25, 0.3) is 10.4 Å². The molecule has 0 fully saturated rings. The van der Waals surface area contributed by atoms with E-state index >= 15 is 0 Å². The molecule has 1 rings (SSSR count). The van der Waals surface area contributed by atoms with Crippen molar-refractivity contribution in [3.63, 3.8) is 0 Å². The molecular weight excluding hydrogens is 333 g/mol. The van der Waals surface area contributed by atoms with Gasteiger partial charge >= 0.3 is 5.97 Å². The van der Waals surface area contributed by atoms with Crippen LogP contribution < -0.4 is 0 Å². The Bertz CT molecular complexity index is 488. The lowest BCUT2D eigenvalue weighted by Gasteiger charge is -2.19. The van der Waals surface area contributed by atoms with Gasteiger partial charge in [-0.1, -0.05) is 5.11 Å². The molecule has 1 aromatic carbocycles. The van der Waals surface area contributed by atoms with Crippen LogP contribution in [0, 0.1) is 3.57 Å². The zero-order chi connectivity index (χ0) is 13.1. The number of benzene rings is 1. The molecule has 0 aromatic heterocycles. The number of rotatable bonds is 2. The van der Waals surface area contributed by atoms with Crippen molar-refractivity contribution in [3.8, 4) is 0 Å². The van der Waals surface area contributed by atoms with E-state index in [1.165, 1.54) is 6.07 Å². The predicted molar refractivity (Wildman–Crippen MR) is 73.1 cm³/mol. The maximum absolute atomic E-state index is 11.8. The van der Waals surface area contributed by atoms with Crippen LogP contribution in [-0.2, 0) is 4.74 Å². The average molecular weight is 345 g/mol. The Morgan fingerprint density at radius 2 is 2.06 bits per heavy atom. The van der Waals surface area contributed by atoms with Gasteiger partial charge in [0.1, 0.15) is 5.60 Å². The Kier molecular flexibility index (Phi) is 4.36. The maximum Gasteiger partial charge on any atom is 0.338 e. The lowest BCUT2D eigenvalue weighted by molar-refractivity contribution is 0.00695. The molecule has 17 heavy (non-hydrogen) atoms. The zero-order valence-corrected chi connectivity index (χ0v) is 11.9. The Morgan fingerprint density at radius 3 is 2.59 bits per heavy atom. The Morgan fingerprint density at radius 1 is 1.41 bits per heavy atom. The summed E-state index contributed by atoms with van der Waals surface area (Å²) in [5.74, 6) is -0.426. The van der Waals surface area contributed by atoms with Crippen LogP contribution in [0.15, 0.2) is 23.3 Å². The molecule has 0 bridgehead atoms. The molecule has 0 aliphatic rings. The first kappa shape index (κ1) is 13.8. The minimum Gasteiger partial charge on any atom is -0.456 e. The first-order chi connectivity index (χ1) is 7.81. The van der Waals surface area contributed by atoms with Gasteiger partial charge in [0, 0.05) is 14.2 Å². The molecule has 0 spiro atoms. The van der Waals surface area contributed by atoms with E-state index in [-0.39, 0.29) is 0 Å². The number of nitrogens with zero attached hydrogens (tertiary/aromatic N) is 3. The third kappa shape index (κ3) is 4.62. The van der Waals surface area contributed by atoms with E-state index < -0.39 is 11.6 Å². The Hall–Kier alpha value is -1.27. The second-order valence-corrected chi connectivity index (χ2v) is 5.64. The summed E-state index contributed by atoms with van der Waals surface area (Å²) in [6.07, 6.45) is 0. The first-order valence-electron chi connectivity index (χ1n) is 4.91. The molecular formula is C11H12IN3O2. The minimum atomic E-state index is -0.545. The second-order valence-electron chi connectivity index (χ2n) is 4.39. The van der Waals surface area contributed by atoms with E-state index in [2.05, 4.69) is 32.6 Å². The molecule has 0 amide bonds. The summed E-state index contributed by atoms with van der Waals surface area (Å²) in [6.45, 7) is 5.40. The summed E-state index contributed by atoms with van der Waals surface area (Å²) in [7, 11) is 0. The lowest BCUT2D eigenvalue weighted by Crippen LogP contribution is -2.23. The lowest BCUT2D eigenvalue weighted by atomic mass is 10.1. The summed E-state index contributed by atoms with van der Waals surface area (Å²) in [6, 6.07) is 4.88. The van der Waals surface area contributed by atoms with Gasteiger partial charge in [-0.25, -0.2) is 4.79 Å². The fourth-order valence-corrected chi connectivity index (χ4v) is 1.79. The number of azide groups is 1. The quantitative estimate of drug-likeness (QED) is 0.265. The van der Waals surface area contributed by atoms with Crippen LogP contribution in [0.5, 0.6) is 0 Å². The average Bonchev–Trinajstić information content (AvgIpc) is 2.14. The van der Waals surface area contributed by atoms with Crippen LogP contribution in [0.2, 0.25) is 0 Å². The summed E-state index contributed by atoms with van der Waals surface area (Å²) in [5.41, 5.74) is 8.61. The van der Waals surface area contributed by atoms with E-state index in [0.717, 1.165) is 3.57 Å². The van der Waals surface area contributed by atoms with Crippen LogP contribution in [0.1, 0.15) is 31.1 Å². The van der Waals surface area contributed by atoms with E-state index in [1.807, 2.05) is 0 Å². The molecule has 0 aliphatic heterocycles. The van der Waals surface area contributed by atoms with Gasteiger partial charge in [-0.3, -0.25) is 0 Å². The number of hydrogen-bond acceptors (Lipinski definition) is 3. The van der Waals surface area contributed by atoms with Gasteiger partial charge in [-0.2, -0.15) is 0 Å². The highest BCUT2D eigenvalue weighted by molar-refractivity contribution is 14.1. The number of esters is 1. The highest BCUT2D eigenvalue weighted by Gasteiger charge is 2.18. The van der Waals surface area contributed by atoms with E-state index in [9.17, 15) is 4.79 Å². The van der Waals surface area contributed by atoms with Crippen molar-refractivity contribution in [3.05, 3.63) is 37.8 Å². The largest absolute Gasteiger partial charge is 0.456 e. The van der Waals surface area contributed by atoms with Gasteiger partial charge in [-0.15, -0.1) is 0 Å². The molecule has 0 radical (unpaired) electrons. The first-order valence-corrected chi connectivity index (χ1v) is 5.99. The third-order valence-electron chi connectivity index (χ3n) is 1.68. The molecule has 5 nitrogen and oxygen atoms in total. The molecule has 0 saturated heterocycles. The van der Waals surface area contributed by atoms with Crippen LogP contribution in [0.3, 0.4) is 0 Å². The van der Waals surface area contributed by atoms with Crippen molar-refractivity contribution in [2.75, 3.05) is 0 Å². The summed E-state index contributed by atoms with van der Waals surface area (Å²) in [5, 5.41) is 3.48. The molecule has 0 unspecified atom stereocenters. The summed E-state index contributed by atoms with van der Waals surface area (Å²) in [4.78, 5) is 14.5. The smallest absolute Gasteiger partial charge is 0.338 e. The molecule has 0 N–H and O–H groups in total. The zero-order valence-electron chi connectivity index (χ0n) is 9.77. The number of hydrogen-bond donors (Lipinski definition) is 0. The van der Waals surface area contributed by atoms with Gasteiger partial charge in [0.25, 0.3) is 0 Å². The fraction of sp³-hybridized carbons (Fsp3) is 0.364. The van der Waals surface area contributed by atoms with Gasteiger partial charge < -0.3 is 4.74 Å². The van der Waals surface area contributed by atoms with E-state index in [4.69, 9.17) is 10.3 Å². The number of carbonyl (C=O) groups excluding carboxylic acids is 1. The van der Waals surface area contributed by atoms with Gasteiger partial charge in [0.15, 0.2) is 0 Å². The molecule has 0 atom stereocenters. The monoisotopic (exact) mass is 345 g/mol. The molecule has 0 aliphatic carbocycles. The van der Waals surface area contributed by atoms with Crippen molar-refractivity contribution >= 4 is 34.2 Å². The fourth-order valence-electron chi connectivity index (χ4n) is 1.14. The van der Waals surface area contributed by atoms with Crippen molar-refractivity contribution in [2.45, 2.75) is 26.4 Å². The van der Waals surface area contributed by atoms with Crippen LogP contribution in [-0.4, -0.2) is 11.6 Å². The Labute approximate surface area is 113 Å².